The molecule has 1 fully saturated rings. The van der Waals surface area contributed by atoms with Crippen LogP contribution in [0.1, 0.15) is 26.7 Å². The monoisotopic (exact) mass is 389 g/mol. The number of nitrogens with one attached hydrogen (secondary N) is 1. The van der Waals surface area contributed by atoms with Gasteiger partial charge in [-0.15, -0.1) is 0 Å². The second-order valence-corrected chi connectivity index (χ2v) is 7.02. The summed E-state index contributed by atoms with van der Waals surface area (Å²) >= 11 is 2.30. The molecule has 2 atom stereocenters. The maximum atomic E-state index is 6.01. The Hall–Kier alpha value is -0.330. The number of hydrogen-bond acceptors (Lipinski definition) is 3. The maximum Gasteiger partial charge on any atom is 0.120 e. The Kier molecular flexibility index (Phi) is 6.58. The molecule has 0 bridgehead atoms. The highest BCUT2D eigenvalue weighted by Gasteiger charge is 2.25. The van der Waals surface area contributed by atoms with Gasteiger partial charge < -0.3 is 14.8 Å². The molecule has 112 valence electrons. The van der Waals surface area contributed by atoms with Crippen LogP contribution in [0.3, 0.4) is 0 Å². The van der Waals surface area contributed by atoms with E-state index in [-0.39, 0.29) is 6.10 Å². The molecule has 0 spiro atoms. The van der Waals surface area contributed by atoms with Crippen molar-refractivity contribution in [2.24, 2.45) is 5.92 Å². The molecular weight excluding hydrogens is 365 g/mol. The van der Waals surface area contributed by atoms with Crippen LogP contribution >= 0.6 is 22.6 Å². The molecule has 1 aromatic rings. The molecule has 1 aliphatic heterocycles. The first kappa shape index (κ1) is 16.0. The summed E-state index contributed by atoms with van der Waals surface area (Å²) in [5, 5.41) is 3.46. The molecule has 1 N–H and O–H groups in total. The second-order valence-electron chi connectivity index (χ2n) is 5.78. The third-order valence-corrected chi connectivity index (χ3v) is 4.02. The Labute approximate surface area is 135 Å². The zero-order valence-corrected chi connectivity index (χ0v) is 14.4. The predicted octanol–water partition coefficient (Wildman–Crippen LogP) is 3.46. The minimum absolute atomic E-state index is 0.235. The van der Waals surface area contributed by atoms with Crippen molar-refractivity contribution in [3.05, 3.63) is 27.8 Å². The first-order chi connectivity index (χ1) is 9.63. The van der Waals surface area contributed by atoms with Crippen LogP contribution in [0.2, 0.25) is 0 Å². The summed E-state index contributed by atoms with van der Waals surface area (Å²) < 4.78 is 13.0. The van der Waals surface area contributed by atoms with Crippen LogP contribution in [0.15, 0.2) is 24.3 Å². The molecule has 0 aromatic heterocycles. The Morgan fingerprint density at radius 1 is 1.35 bits per heavy atom. The number of halogens is 1. The van der Waals surface area contributed by atoms with E-state index in [2.05, 4.69) is 53.9 Å². The van der Waals surface area contributed by atoms with Gasteiger partial charge in [-0.3, -0.25) is 0 Å². The van der Waals surface area contributed by atoms with Gasteiger partial charge in [0.15, 0.2) is 0 Å². The summed E-state index contributed by atoms with van der Waals surface area (Å²) in [5.41, 5.74) is 0. The molecule has 0 amide bonds. The fourth-order valence-corrected chi connectivity index (χ4v) is 2.85. The van der Waals surface area contributed by atoms with Crippen LogP contribution < -0.4 is 10.1 Å². The molecule has 2 unspecified atom stereocenters. The van der Waals surface area contributed by atoms with E-state index in [1.807, 2.05) is 12.1 Å². The van der Waals surface area contributed by atoms with Crippen molar-refractivity contribution in [1.29, 1.82) is 0 Å². The van der Waals surface area contributed by atoms with Crippen molar-refractivity contribution >= 4 is 22.6 Å². The van der Waals surface area contributed by atoms with Gasteiger partial charge in [-0.05, 0) is 66.1 Å². The van der Waals surface area contributed by atoms with Gasteiger partial charge in [-0.1, -0.05) is 19.9 Å². The number of benzene rings is 1. The first-order valence-corrected chi connectivity index (χ1v) is 8.46. The zero-order chi connectivity index (χ0) is 14.4. The molecular formula is C16H24INO2. The van der Waals surface area contributed by atoms with Gasteiger partial charge in [-0.25, -0.2) is 0 Å². The lowest BCUT2D eigenvalue weighted by Crippen LogP contribution is -2.30. The number of hydrogen-bond donors (Lipinski definition) is 1. The fourth-order valence-electron chi connectivity index (χ4n) is 2.33. The Balaban J connectivity index is 1.66. The normalized spacial score (nSPS) is 22.4. The van der Waals surface area contributed by atoms with Crippen LogP contribution in [-0.2, 0) is 4.74 Å². The fraction of sp³-hybridized carbons (Fsp3) is 0.625. The minimum atomic E-state index is 0.235. The lowest BCUT2D eigenvalue weighted by molar-refractivity contribution is 0.0184. The summed E-state index contributed by atoms with van der Waals surface area (Å²) in [6.07, 6.45) is 2.81. The molecule has 1 aliphatic rings. The summed E-state index contributed by atoms with van der Waals surface area (Å²) in [7, 11) is 0. The van der Waals surface area contributed by atoms with Crippen LogP contribution in [0.25, 0.3) is 0 Å². The van der Waals surface area contributed by atoms with E-state index in [4.69, 9.17) is 9.47 Å². The summed E-state index contributed by atoms with van der Waals surface area (Å²) in [6.45, 7) is 7.11. The van der Waals surface area contributed by atoms with Crippen molar-refractivity contribution in [1.82, 2.24) is 5.32 Å². The highest BCUT2D eigenvalue weighted by atomic mass is 127. The van der Waals surface area contributed by atoms with Gasteiger partial charge in [0.1, 0.15) is 12.4 Å². The molecule has 1 aromatic carbocycles. The average Bonchev–Trinajstić information content (AvgIpc) is 2.84. The third-order valence-electron chi connectivity index (χ3n) is 3.35. The smallest absolute Gasteiger partial charge is 0.120 e. The third kappa shape index (κ3) is 5.58. The molecule has 4 heteroatoms. The van der Waals surface area contributed by atoms with Gasteiger partial charge in [0.05, 0.1) is 12.2 Å². The van der Waals surface area contributed by atoms with E-state index in [9.17, 15) is 0 Å². The molecule has 0 saturated carbocycles. The SMILES string of the molecule is CC(C)CNCC1CCC(COc2cccc(I)c2)O1. The lowest BCUT2D eigenvalue weighted by Gasteiger charge is -2.16. The van der Waals surface area contributed by atoms with E-state index in [0.29, 0.717) is 18.6 Å². The van der Waals surface area contributed by atoms with Crippen LogP contribution in [0, 0.1) is 9.49 Å². The van der Waals surface area contributed by atoms with Gasteiger partial charge in [0.2, 0.25) is 0 Å². The van der Waals surface area contributed by atoms with Crippen molar-refractivity contribution in [2.75, 3.05) is 19.7 Å². The van der Waals surface area contributed by atoms with E-state index in [1.165, 1.54) is 3.57 Å². The van der Waals surface area contributed by atoms with E-state index in [1.54, 1.807) is 0 Å². The predicted molar refractivity (Wildman–Crippen MR) is 90.3 cm³/mol. The first-order valence-electron chi connectivity index (χ1n) is 7.38. The highest BCUT2D eigenvalue weighted by Crippen LogP contribution is 2.21. The molecule has 0 radical (unpaired) electrons. The largest absolute Gasteiger partial charge is 0.491 e. The molecule has 3 nitrogen and oxygen atoms in total. The van der Waals surface area contributed by atoms with E-state index in [0.717, 1.165) is 31.7 Å². The summed E-state index contributed by atoms with van der Waals surface area (Å²) in [5.74, 6) is 1.62. The van der Waals surface area contributed by atoms with Crippen LogP contribution in [0.5, 0.6) is 5.75 Å². The van der Waals surface area contributed by atoms with Gasteiger partial charge in [-0.2, -0.15) is 0 Å². The van der Waals surface area contributed by atoms with Crippen molar-refractivity contribution < 1.29 is 9.47 Å². The average molecular weight is 389 g/mol. The molecule has 2 rings (SSSR count). The zero-order valence-electron chi connectivity index (χ0n) is 12.3. The van der Waals surface area contributed by atoms with Crippen molar-refractivity contribution in [3.8, 4) is 5.75 Å². The lowest BCUT2D eigenvalue weighted by atomic mass is 10.2. The Morgan fingerprint density at radius 3 is 2.90 bits per heavy atom. The Morgan fingerprint density at radius 2 is 2.15 bits per heavy atom. The van der Waals surface area contributed by atoms with Gasteiger partial charge in [0.25, 0.3) is 0 Å². The maximum absolute atomic E-state index is 6.01. The van der Waals surface area contributed by atoms with Crippen LogP contribution in [0.4, 0.5) is 0 Å². The topological polar surface area (TPSA) is 30.5 Å². The summed E-state index contributed by atoms with van der Waals surface area (Å²) in [4.78, 5) is 0. The Bertz CT molecular complexity index is 411. The van der Waals surface area contributed by atoms with E-state index < -0.39 is 0 Å². The van der Waals surface area contributed by atoms with Crippen molar-refractivity contribution in [3.63, 3.8) is 0 Å². The molecule has 1 heterocycles. The van der Waals surface area contributed by atoms with Crippen LogP contribution in [-0.4, -0.2) is 31.9 Å². The van der Waals surface area contributed by atoms with Gasteiger partial charge >= 0.3 is 0 Å². The van der Waals surface area contributed by atoms with Gasteiger partial charge in [0, 0.05) is 10.1 Å². The second kappa shape index (κ2) is 8.20. The molecule has 0 aliphatic carbocycles. The quantitative estimate of drug-likeness (QED) is 0.725. The minimum Gasteiger partial charge on any atom is -0.491 e. The number of rotatable bonds is 7. The van der Waals surface area contributed by atoms with E-state index >= 15 is 0 Å². The standard InChI is InChI=1S/C16H24INO2/c1-12(2)9-18-10-15-6-7-16(20-15)11-19-14-5-3-4-13(17)8-14/h3-5,8,12,15-16,18H,6-7,9-11H2,1-2H3. The highest BCUT2D eigenvalue weighted by molar-refractivity contribution is 14.1. The number of ether oxygens (including phenoxy) is 2. The molecule has 1 saturated heterocycles. The summed E-state index contributed by atoms with van der Waals surface area (Å²) in [6, 6.07) is 8.14. The molecule has 20 heavy (non-hydrogen) atoms. The van der Waals surface area contributed by atoms with Crippen molar-refractivity contribution in [2.45, 2.75) is 38.9 Å².